The third-order valence-corrected chi connectivity index (χ3v) is 3.52. The van der Waals surface area contributed by atoms with Crippen LogP contribution in [0.4, 0.5) is 0 Å². The quantitative estimate of drug-likeness (QED) is 0.634. The van der Waals surface area contributed by atoms with Crippen molar-refractivity contribution in [1.82, 2.24) is 4.98 Å². The first-order valence-electron chi connectivity index (χ1n) is 5.53. The molecule has 1 aromatic heterocycles. The molecule has 0 aliphatic rings. The van der Waals surface area contributed by atoms with Gasteiger partial charge < -0.3 is 0 Å². The first kappa shape index (κ1) is 13.2. The lowest BCUT2D eigenvalue weighted by molar-refractivity contribution is 0.339. The van der Waals surface area contributed by atoms with Gasteiger partial charge >= 0.3 is 10.1 Å². The Bertz CT molecular complexity index is 668. The van der Waals surface area contributed by atoms with E-state index in [1.807, 2.05) is 0 Å². The summed E-state index contributed by atoms with van der Waals surface area (Å²) in [6, 6.07) is 11.3. The number of nitrogens with zero attached hydrogens (tertiary/aromatic N) is 2. The maximum Gasteiger partial charge on any atom is 0.358 e. The summed E-state index contributed by atoms with van der Waals surface area (Å²) in [4.78, 5) is 3.94. The molecule has 0 atom stereocenters. The van der Waals surface area contributed by atoms with Gasteiger partial charge in [-0.1, -0.05) is 23.4 Å². The number of benzene rings is 1. The molecule has 0 saturated heterocycles. The van der Waals surface area contributed by atoms with E-state index in [1.165, 1.54) is 12.1 Å². The fourth-order valence-electron chi connectivity index (χ4n) is 1.38. The molecule has 1 heterocycles. The molecule has 19 heavy (non-hydrogen) atoms. The number of aromatic nitrogens is 1. The van der Waals surface area contributed by atoms with Crippen LogP contribution in [0.5, 0.6) is 0 Å². The van der Waals surface area contributed by atoms with Gasteiger partial charge in [0.2, 0.25) is 0 Å². The number of hydrogen-bond acceptors (Lipinski definition) is 5. The summed E-state index contributed by atoms with van der Waals surface area (Å²) >= 11 is 0. The molecular weight excluding hydrogens is 264 g/mol. The van der Waals surface area contributed by atoms with Gasteiger partial charge in [-0.25, -0.2) is 0 Å². The van der Waals surface area contributed by atoms with Crippen LogP contribution in [-0.2, 0) is 14.4 Å². The van der Waals surface area contributed by atoms with E-state index in [9.17, 15) is 8.42 Å². The minimum Gasteiger partial charge on any atom is -0.265 e. The van der Waals surface area contributed by atoms with Crippen LogP contribution in [0.3, 0.4) is 0 Å². The Kier molecular flexibility index (Phi) is 3.91. The normalized spacial score (nSPS) is 12.2. The Morgan fingerprint density at radius 3 is 2.37 bits per heavy atom. The van der Waals surface area contributed by atoms with Crippen LogP contribution in [0.15, 0.2) is 64.9 Å². The van der Waals surface area contributed by atoms with Gasteiger partial charge in [-0.15, -0.1) is 0 Å². The van der Waals surface area contributed by atoms with Gasteiger partial charge in [-0.05, 0) is 31.2 Å². The Morgan fingerprint density at radius 1 is 1.11 bits per heavy atom. The lowest BCUT2D eigenvalue weighted by Gasteiger charge is -2.03. The average molecular weight is 276 g/mol. The molecule has 0 saturated carbocycles. The molecular formula is C13H12N2O3S. The Morgan fingerprint density at radius 2 is 1.74 bits per heavy atom. The van der Waals surface area contributed by atoms with Gasteiger partial charge in [0.05, 0.1) is 5.71 Å². The lowest BCUT2D eigenvalue weighted by atomic mass is 10.2. The molecule has 98 valence electrons. The van der Waals surface area contributed by atoms with Crippen LogP contribution in [-0.4, -0.2) is 19.1 Å². The minimum absolute atomic E-state index is 0.0706. The molecule has 2 aromatic rings. The van der Waals surface area contributed by atoms with E-state index in [2.05, 4.69) is 14.4 Å². The highest BCUT2D eigenvalue weighted by molar-refractivity contribution is 7.86. The Hall–Kier alpha value is -2.21. The first-order valence-corrected chi connectivity index (χ1v) is 6.94. The van der Waals surface area contributed by atoms with Crippen molar-refractivity contribution in [1.29, 1.82) is 0 Å². The van der Waals surface area contributed by atoms with Crippen molar-refractivity contribution in [3.8, 4) is 0 Å². The van der Waals surface area contributed by atoms with Gasteiger partial charge in [-0.2, -0.15) is 8.42 Å². The van der Waals surface area contributed by atoms with E-state index in [-0.39, 0.29) is 4.90 Å². The first-order chi connectivity index (χ1) is 9.09. The van der Waals surface area contributed by atoms with Crippen LogP contribution < -0.4 is 0 Å². The van der Waals surface area contributed by atoms with Gasteiger partial charge in [0.15, 0.2) is 0 Å². The lowest BCUT2D eigenvalue weighted by Crippen LogP contribution is -2.05. The molecule has 0 spiro atoms. The summed E-state index contributed by atoms with van der Waals surface area (Å²) < 4.78 is 28.3. The molecule has 1 aromatic carbocycles. The summed E-state index contributed by atoms with van der Waals surface area (Å²) in [6.07, 6.45) is 3.19. The molecule has 0 unspecified atom stereocenters. The van der Waals surface area contributed by atoms with Crippen LogP contribution in [0, 0.1) is 0 Å². The smallest absolute Gasteiger partial charge is 0.265 e. The summed E-state index contributed by atoms with van der Waals surface area (Å²) in [7, 11) is -3.87. The largest absolute Gasteiger partial charge is 0.358 e. The second kappa shape index (κ2) is 5.62. The zero-order chi connectivity index (χ0) is 13.7. The fourth-order valence-corrected chi connectivity index (χ4v) is 2.17. The number of pyridine rings is 1. The van der Waals surface area contributed by atoms with Crippen molar-refractivity contribution in [2.75, 3.05) is 0 Å². The van der Waals surface area contributed by atoms with E-state index in [0.29, 0.717) is 5.71 Å². The maximum atomic E-state index is 11.8. The summed E-state index contributed by atoms with van der Waals surface area (Å²) in [5.74, 6) is 0. The van der Waals surface area contributed by atoms with E-state index >= 15 is 0 Å². The third-order valence-electron chi connectivity index (χ3n) is 2.40. The number of hydrogen-bond donors (Lipinski definition) is 0. The molecule has 6 heteroatoms. The summed E-state index contributed by atoms with van der Waals surface area (Å²) in [5.41, 5.74) is 1.21. The molecule has 0 aliphatic heterocycles. The Balaban J connectivity index is 2.19. The zero-order valence-corrected chi connectivity index (χ0v) is 11.0. The van der Waals surface area contributed by atoms with Crippen molar-refractivity contribution >= 4 is 15.8 Å². The number of rotatable bonds is 4. The topological polar surface area (TPSA) is 68.6 Å². The van der Waals surface area contributed by atoms with Crippen molar-refractivity contribution in [2.45, 2.75) is 11.8 Å². The highest BCUT2D eigenvalue weighted by Crippen LogP contribution is 2.12. The molecule has 0 bridgehead atoms. The molecule has 2 rings (SSSR count). The zero-order valence-electron chi connectivity index (χ0n) is 10.2. The standard InChI is InChI=1S/C13H12N2O3S/c1-11(12-7-9-14-10-8-12)15-18-19(16,17)13-5-3-2-4-6-13/h2-10H,1H3. The highest BCUT2D eigenvalue weighted by Gasteiger charge is 2.14. The summed E-state index contributed by atoms with van der Waals surface area (Å²) in [5, 5.41) is 3.64. The number of oxime groups is 1. The van der Waals surface area contributed by atoms with E-state index in [4.69, 9.17) is 0 Å². The molecule has 0 fully saturated rings. The van der Waals surface area contributed by atoms with E-state index < -0.39 is 10.1 Å². The van der Waals surface area contributed by atoms with Crippen molar-refractivity contribution < 1.29 is 12.7 Å². The van der Waals surface area contributed by atoms with E-state index in [0.717, 1.165) is 5.56 Å². The van der Waals surface area contributed by atoms with Gasteiger partial charge in [0, 0.05) is 18.0 Å². The minimum atomic E-state index is -3.87. The Labute approximate surface area is 111 Å². The second-order valence-corrected chi connectivity index (χ2v) is 5.28. The molecule has 0 aliphatic carbocycles. The van der Waals surface area contributed by atoms with Gasteiger partial charge in [0.1, 0.15) is 4.90 Å². The average Bonchev–Trinajstić information content (AvgIpc) is 2.47. The van der Waals surface area contributed by atoms with Crippen molar-refractivity contribution in [2.24, 2.45) is 5.16 Å². The molecule has 0 amide bonds. The van der Waals surface area contributed by atoms with Crippen LogP contribution >= 0.6 is 0 Å². The second-order valence-electron chi connectivity index (χ2n) is 3.75. The summed E-state index contributed by atoms with van der Waals surface area (Å²) in [6.45, 7) is 1.66. The van der Waals surface area contributed by atoms with Crippen molar-refractivity contribution in [3.05, 3.63) is 60.4 Å². The van der Waals surface area contributed by atoms with Crippen LogP contribution in [0.2, 0.25) is 0 Å². The molecule has 0 N–H and O–H groups in total. The van der Waals surface area contributed by atoms with Gasteiger partial charge in [-0.3, -0.25) is 9.27 Å². The maximum absolute atomic E-state index is 11.8. The SMILES string of the molecule is CC(=NOS(=O)(=O)c1ccccc1)c1ccncc1. The van der Waals surface area contributed by atoms with Crippen LogP contribution in [0.25, 0.3) is 0 Å². The van der Waals surface area contributed by atoms with Gasteiger partial charge in [0.25, 0.3) is 0 Å². The highest BCUT2D eigenvalue weighted by atomic mass is 32.2. The third kappa shape index (κ3) is 3.38. The fraction of sp³-hybridized carbons (Fsp3) is 0.0769. The van der Waals surface area contributed by atoms with Crippen LogP contribution in [0.1, 0.15) is 12.5 Å². The van der Waals surface area contributed by atoms with Crippen molar-refractivity contribution in [3.63, 3.8) is 0 Å². The monoisotopic (exact) mass is 276 g/mol. The van der Waals surface area contributed by atoms with E-state index in [1.54, 1.807) is 49.6 Å². The predicted octanol–water partition coefficient (Wildman–Crippen LogP) is 2.21. The predicted molar refractivity (Wildman–Crippen MR) is 71.2 cm³/mol. The molecule has 0 radical (unpaired) electrons. The molecule has 5 nitrogen and oxygen atoms in total.